The van der Waals surface area contributed by atoms with Crippen LogP contribution in [0.4, 0.5) is 5.82 Å². The first kappa shape index (κ1) is 17.0. The molecule has 4 rings (SSSR count). The number of hydrogen-bond acceptors (Lipinski definition) is 5. The fourth-order valence-electron chi connectivity index (χ4n) is 2.07. The van der Waals surface area contributed by atoms with Gasteiger partial charge in [0.2, 0.25) is 0 Å². The molecule has 0 atom stereocenters. The Labute approximate surface area is 159 Å². The average molecular weight is 468 g/mol. The van der Waals surface area contributed by atoms with Crippen molar-refractivity contribution in [3.8, 4) is 0 Å². The Bertz CT molecular complexity index is 861. The Kier molecular flexibility index (Phi) is 5.23. The second-order valence-corrected chi connectivity index (χ2v) is 6.75. The molecule has 5 nitrogen and oxygen atoms in total. The monoisotopic (exact) mass is 465 g/mol. The fraction of sp³-hybridized carbons (Fsp3) is 0. The van der Waals surface area contributed by atoms with Gasteiger partial charge >= 0.3 is 0 Å². The summed E-state index contributed by atoms with van der Waals surface area (Å²) in [6.45, 7) is 0. The molecule has 0 fully saturated rings. The largest absolute Gasteiger partial charge is 0.382 e. The minimum atomic E-state index is 0.439. The molecule has 0 aliphatic rings. The van der Waals surface area contributed by atoms with E-state index in [0.717, 1.165) is 30.8 Å². The highest BCUT2D eigenvalue weighted by atomic mass is 79.9. The minimum absolute atomic E-state index is 0.439. The third-order valence-corrected chi connectivity index (χ3v) is 4.72. The SMILES string of the molecule is Clc1ncc(Br)c2cccnc12.Nc1ncc(Br)c2cccnc12. The normalized spacial score (nSPS) is 10.5. The van der Waals surface area contributed by atoms with Gasteiger partial charge < -0.3 is 5.73 Å². The van der Waals surface area contributed by atoms with E-state index >= 15 is 0 Å². The number of fused-ring (bicyclic) bond motifs is 2. The zero-order valence-corrected chi connectivity index (χ0v) is 16.0. The van der Waals surface area contributed by atoms with Crippen molar-refractivity contribution in [1.29, 1.82) is 0 Å². The van der Waals surface area contributed by atoms with E-state index in [4.69, 9.17) is 17.3 Å². The first-order valence-corrected chi connectivity index (χ1v) is 8.73. The van der Waals surface area contributed by atoms with Gasteiger partial charge in [-0.3, -0.25) is 9.97 Å². The minimum Gasteiger partial charge on any atom is -0.382 e. The lowest BCUT2D eigenvalue weighted by molar-refractivity contribution is 1.30. The summed E-state index contributed by atoms with van der Waals surface area (Å²) >= 11 is 12.6. The Morgan fingerprint density at radius 1 is 0.792 bits per heavy atom. The van der Waals surface area contributed by atoms with Crippen molar-refractivity contribution in [3.63, 3.8) is 0 Å². The Balaban J connectivity index is 0.000000141. The van der Waals surface area contributed by atoms with Crippen LogP contribution in [-0.2, 0) is 0 Å². The number of aromatic nitrogens is 4. The molecule has 2 N–H and O–H groups in total. The number of nitrogens with two attached hydrogens (primary N) is 1. The Morgan fingerprint density at radius 3 is 1.92 bits per heavy atom. The molecule has 120 valence electrons. The van der Waals surface area contributed by atoms with Crippen LogP contribution in [0, 0.1) is 0 Å². The zero-order valence-electron chi connectivity index (χ0n) is 12.1. The van der Waals surface area contributed by atoms with E-state index in [9.17, 15) is 0 Å². The number of pyridine rings is 4. The van der Waals surface area contributed by atoms with Gasteiger partial charge in [0.15, 0.2) is 5.15 Å². The quantitative estimate of drug-likeness (QED) is 0.368. The summed E-state index contributed by atoms with van der Waals surface area (Å²) in [5.74, 6) is 0.466. The molecule has 8 heteroatoms. The maximum absolute atomic E-state index is 5.83. The molecule has 0 aliphatic heterocycles. The van der Waals surface area contributed by atoms with E-state index in [1.807, 2.05) is 24.3 Å². The molecule has 4 aromatic heterocycles. The van der Waals surface area contributed by atoms with Crippen LogP contribution in [0.1, 0.15) is 0 Å². The van der Waals surface area contributed by atoms with E-state index in [1.54, 1.807) is 24.8 Å². The van der Waals surface area contributed by atoms with Crippen molar-refractivity contribution >= 4 is 71.1 Å². The van der Waals surface area contributed by atoms with Crippen LogP contribution in [0.2, 0.25) is 5.15 Å². The third-order valence-electron chi connectivity index (χ3n) is 3.18. The predicted molar refractivity (Wildman–Crippen MR) is 104 cm³/mol. The molecular formula is C16H10Br2ClN5. The smallest absolute Gasteiger partial charge is 0.155 e. The molecular weight excluding hydrogens is 457 g/mol. The molecule has 0 bridgehead atoms. The second-order valence-electron chi connectivity index (χ2n) is 4.69. The van der Waals surface area contributed by atoms with Gasteiger partial charge in [0, 0.05) is 44.5 Å². The van der Waals surface area contributed by atoms with Crippen molar-refractivity contribution in [2.75, 3.05) is 5.73 Å². The van der Waals surface area contributed by atoms with Gasteiger partial charge in [-0.05, 0) is 56.1 Å². The zero-order chi connectivity index (χ0) is 17.1. The second kappa shape index (κ2) is 7.38. The highest BCUT2D eigenvalue weighted by Gasteiger charge is 2.03. The first-order valence-electron chi connectivity index (χ1n) is 6.77. The van der Waals surface area contributed by atoms with E-state index in [1.165, 1.54) is 0 Å². The molecule has 0 amide bonds. The summed E-state index contributed by atoms with van der Waals surface area (Å²) < 4.78 is 1.83. The lowest BCUT2D eigenvalue weighted by atomic mass is 10.2. The van der Waals surface area contributed by atoms with Gasteiger partial charge in [-0.2, -0.15) is 0 Å². The highest BCUT2D eigenvalue weighted by Crippen LogP contribution is 2.25. The number of nitrogens with zero attached hydrogens (tertiary/aromatic N) is 4. The van der Waals surface area contributed by atoms with Crippen LogP contribution in [0.5, 0.6) is 0 Å². The van der Waals surface area contributed by atoms with E-state index in [-0.39, 0.29) is 0 Å². The molecule has 0 aromatic carbocycles. The van der Waals surface area contributed by atoms with Gasteiger partial charge in [0.25, 0.3) is 0 Å². The molecule has 0 unspecified atom stereocenters. The van der Waals surface area contributed by atoms with Gasteiger partial charge in [-0.25, -0.2) is 9.97 Å². The third kappa shape index (κ3) is 3.48. The van der Waals surface area contributed by atoms with Crippen LogP contribution >= 0.6 is 43.5 Å². The van der Waals surface area contributed by atoms with Crippen LogP contribution in [0.25, 0.3) is 21.8 Å². The molecule has 0 spiro atoms. The van der Waals surface area contributed by atoms with Gasteiger partial charge in [0.1, 0.15) is 16.9 Å². The number of anilines is 1. The molecule has 0 saturated heterocycles. The van der Waals surface area contributed by atoms with Crippen molar-refractivity contribution in [2.24, 2.45) is 0 Å². The predicted octanol–water partition coefficient (Wildman–Crippen LogP) is 5.02. The summed E-state index contributed by atoms with van der Waals surface area (Å²) in [4.78, 5) is 16.2. The maximum Gasteiger partial charge on any atom is 0.155 e. The topological polar surface area (TPSA) is 77.6 Å². The first-order chi connectivity index (χ1) is 11.6. The molecule has 0 saturated carbocycles. The summed E-state index contributed by atoms with van der Waals surface area (Å²) in [6, 6.07) is 7.63. The lowest BCUT2D eigenvalue weighted by Gasteiger charge is -2.00. The highest BCUT2D eigenvalue weighted by molar-refractivity contribution is 9.11. The van der Waals surface area contributed by atoms with Gasteiger partial charge in [-0.1, -0.05) is 11.6 Å². The standard InChI is InChI=1S/C8H4BrClN2.C8H6BrN3/c2*9-6-4-12-8(10)7-5(6)2-1-3-11-7/h1-4H;1-4H,(H2,10,12). The lowest BCUT2D eigenvalue weighted by Crippen LogP contribution is -1.93. The van der Waals surface area contributed by atoms with Crippen molar-refractivity contribution in [2.45, 2.75) is 0 Å². The summed E-state index contributed by atoms with van der Waals surface area (Å²) in [6.07, 6.45) is 6.75. The van der Waals surface area contributed by atoms with Crippen molar-refractivity contribution in [3.05, 3.63) is 63.2 Å². The maximum atomic E-state index is 5.83. The summed E-state index contributed by atoms with van der Waals surface area (Å²) in [5, 5.41) is 2.41. The molecule has 4 aromatic rings. The summed E-state index contributed by atoms with van der Waals surface area (Å²) in [7, 11) is 0. The van der Waals surface area contributed by atoms with Crippen LogP contribution in [0.3, 0.4) is 0 Å². The molecule has 4 heterocycles. The van der Waals surface area contributed by atoms with Gasteiger partial charge in [0.05, 0.1) is 0 Å². The average Bonchev–Trinajstić information content (AvgIpc) is 2.63. The molecule has 0 radical (unpaired) electrons. The number of hydrogen-bond donors (Lipinski definition) is 1. The Morgan fingerprint density at radius 2 is 1.33 bits per heavy atom. The summed E-state index contributed by atoms with van der Waals surface area (Å²) in [5.41, 5.74) is 7.10. The van der Waals surface area contributed by atoms with Crippen LogP contribution in [0.15, 0.2) is 58.0 Å². The van der Waals surface area contributed by atoms with Crippen LogP contribution < -0.4 is 5.73 Å². The fourth-order valence-corrected chi connectivity index (χ4v) is 3.11. The van der Waals surface area contributed by atoms with Crippen LogP contribution in [-0.4, -0.2) is 19.9 Å². The van der Waals surface area contributed by atoms with Crippen molar-refractivity contribution in [1.82, 2.24) is 19.9 Å². The number of halogens is 3. The molecule has 24 heavy (non-hydrogen) atoms. The van der Waals surface area contributed by atoms with Gasteiger partial charge in [-0.15, -0.1) is 0 Å². The van der Waals surface area contributed by atoms with Crippen molar-refractivity contribution < 1.29 is 0 Å². The van der Waals surface area contributed by atoms with E-state index < -0.39 is 0 Å². The number of rotatable bonds is 0. The van der Waals surface area contributed by atoms with E-state index in [0.29, 0.717) is 11.0 Å². The molecule has 0 aliphatic carbocycles. The number of nitrogen functional groups attached to an aromatic ring is 1. The van der Waals surface area contributed by atoms with E-state index in [2.05, 4.69) is 51.8 Å². The Hall–Kier alpha value is -1.83.